The number of amides is 1. The summed E-state index contributed by atoms with van der Waals surface area (Å²) in [6.07, 6.45) is 2.38. The van der Waals surface area contributed by atoms with Crippen LogP contribution in [-0.2, 0) is 13.1 Å². The summed E-state index contributed by atoms with van der Waals surface area (Å²) < 4.78 is 0. The molecule has 0 unspecified atom stereocenters. The highest BCUT2D eigenvalue weighted by molar-refractivity contribution is 5.94. The zero-order valence-electron chi connectivity index (χ0n) is 13.5. The third-order valence-electron chi connectivity index (χ3n) is 4.18. The second-order valence-electron chi connectivity index (χ2n) is 6.20. The second kappa shape index (κ2) is 8.18. The van der Waals surface area contributed by atoms with Crippen molar-refractivity contribution in [1.29, 1.82) is 0 Å². The van der Waals surface area contributed by atoms with Crippen molar-refractivity contribution < 1.29 is 9.90 Å². The Bertz CT molecular complexity index is 684. The SMILES string of the molecule is Cl.NCc1ccc(C(=O)N(Cc2cccc(O)c2)CC2CC2)cc1. The standard InChI is InChI=1S/C19H22N2O2.ClH/c20-11-14-6-8-17(9-7-14)19(23)21(12-15-4-5-15)13-16-2-1-3-18(22)10-16;/h1-3,6-10,15,22H,4-5,11-13,20H2;1H. The highest BCUT2D eigenvalue weighted by Crippen LogP contribution is 2.31. The van der Waals surface area contributed by atoms with E-state index in [-0.39, 0.29) is 24.1 Å². The third kappa shape index (κ3) is 4.73. The van der Waals surface area contributed by atoms with Crippen molar-refractivity contribution in [2.75, 3.05) is 6.54 Å². The summed E-state index contributed by atoms with van der Waals surface area (Å²) in [4.78, 5) is 14.7. The van der Waals surface area contributed by atoms with Crippen LogP contribution in [0.1, 0.15) is 34.3 Å². The van der Waals surface area contributed by atoms with Crippen LogP contribution in [-0.4, -0.2) is 22.5 Å². The predicted molar refractivity (Wildman–Crippen MR) is 97.2 cm³/mol. The summed E-state index contributed by atoms with van der Waals surface area (Å²) in [5.74, 6) is 0.872. The Morgan fingerprint density at radius 1 is 1.12 bits per heavy atom. The minimum absolute atomic E-state index is 0. The summed E-state index contributed by atoms with van der Waals surface area (Å²) in [7, 11) is 0. The molecular weight excluding hydrogens is 324 g/mol. The molecule has 2 aromatic carbocycles. The Balaban J connectivity index is 0.00000208. The number of aromatic hydroxyl groups is 1. The average Bonchev–Trinajstić information content (AvgIpc) is 3.38. The Kier molecular flexibility index (Phi) is 6.23. The maximum atomic E-state index is 12.8. The number of hydrogen-bond acceptors (Lipinski definition) is 3. The molecule has 2 aromatic rings. The lowest BCUT2D eigenvalue weighted by Crippen LogP contribution is -2.32. The van der Waals surface area contributed by atoms with Crippen LogP contribution in [0.4, 0.5) is 0 Å². The van der Waals surface area contributed by atoms with E-state index in [1.807, 2.05) is 35.2 Å². The first-order valence-electron chi connectivity index (χ1n) is 8.02. The van der Waals surface area contributed by atoms with Gasteiger partial charge in [0, 0.05) is 25.2 Å². The molecule has 0 saturated heterocycles. The van der Waals surface area contributed by atoms with Crippen molar-refractivity contribution in [3.8, 4) is 5.75 Å². The van der Waals surface area contributed by atoms with E-state index in [1.165, 1.54) is 12.8 Å². The van der Waals surface area contributed by atoms with Gasteiger partial charge < -0.3 is 15.7 Å². The van der Waals surface area contributed by atoms with Gasteiger partial charge in [-0.2, -0.15) is 0 Å². The number of phenolic OH excluding ortho intramolecular Hbond substituents is 1. The maximum Gasteiger partial charge on any atom is 0.254 e. The molecular formula is C19H23ClN2O2. The minimum atomic E-state index is 0. The number of halogens is 1. The molecule has 0 radical (unpaired) electrons. The lowest BCUT2D eigenvalue weighted by Gasteiger charge is -2.23. The van der Waals surface area contributed by atoms with E-state index >= 15 is 0 Å². The summed E-state index contributed by atoms with van der Waals surface area (Å²) in [6, 6.07) is 14.6. The Labute approximate surface area is 148 Å². The number of rotatable bonds is 6. The molecule has 1 fully saturated rings. The predicted octanol–water partition coefficient (Wildman–Crippen LogP) is 3.33. The van der Waals surface area contributed by atoms with Crippen LogP contribution in [0.5, 0.6) is 5.75 Å². The van der Waals surface area contributed by atoms with Crippen molar-refractivity contribution >= 4 is 18.3 Å². The number of nitrogens with zero attached hydrogens (tertiary/aromatic N) is 1. The van der Waals surface area contributed by atoms with Crippen molar-refractivity contribution in [3.05, 3.63) is 65.2 Å². The van der Waals surface area contributed by atoms with E-state index in [9.17, 15) is 9.90 Å². The third-order valence-corrected chi connectivity index (χ3v) is 4.18. The van der Waals surface area contributed by atoms with Crippen LogP contribution in [0.3, 0.4) is 0 Å². The first-order valence-corrected chi connectivity index (χ1v) is 8.02. The molecule has 24 heavy (non-hydrogen) atoms. The quantitative estimate of drug-likeness (QED) is 0.843. The van der Waals surface area contributed by atoms with Gasteiger partial charge in [0.2, 0.25) is 0 Å². The van der Waals surface area contributed by atoms with Gasteiger partial charge in [0.05, 0.1) is 0 Å². The van der Waals surface area contributed by atoms with Crippen LogP contribution in [0, 0.1) is 5.92 Å². The molecule has 0 heterocycles. The molecule has 1 aliphatic rings. The van der Waals surface area contributed by atoms with Gasteiger partial charge in [-0.1, -0.05) is 24.3 Å². The zero-order chi connectivity index (χ0) is 16.2. The molecule has 5 heteroatoms. The van der Waals surface area contributed by atoms with E-state index < -0.39 is 0 Å². The lowest BCUT2D eigenvalue weighted by atomic mass is 10.1. The first-order chi connectivity index (χ1) is 11.2. The Hall–Kier alpha value is -2.04. The zero-order valence-corrected chi connectivity index (χ0v) is 14.3. The number of hydrogen-bond donors (Lipinski definition) is 2. The second-order valence-corrected chi connectivity index (χ2v) is 6.20. The minimum Gasteiger partial charge on any atom is -0.508 e. The fraction of sp³-hybridized carbons (Fsp3) is 0.316. The normalized spacial score (nSPS) is 13.2. The van der Waals surface area contributed by atoms with Gasteiger partial charge in [-0.25, -0.2) is 0 Å². The smallest absolute Gasteiger partial charge is 0.254 e. The average molecular weight is 347 g/mol. The molecule has 0 aliphatic heterocycles. The topological polar surface area (TPSA) is 66.6 Å². The molecule has 0 aromatic heterocycles. The Morgan fingerprint density at radius 3 is 2.42 bits per heavy atom. The molecule has 1 saturated carbocycles. The largest absolute Gasteiger partial charge is 0.508 e. The highest BCUT2D eigenvalue weighted by atomic mass is 35.5. The molecule has 0 spiro atoms. The summed E-state index contributed by atoms with van der Waals surface area (Å²) in [5, 5.41) is 9.62. The van der Waals surface area contributed by atoms with Crippen LogP contribution >= 0.6 is 12.4 Å². The van der Waals surface area contributed by atoms with Crippen molar-refractivity contribution in [2.24, 2.45) is 11.7 Å². The van der Waals surface area contributed by atoms with Gasteiger partial charge in [0.15, 0.2) is 0 Å². The highest BCUT2D eigenvalue weighted by Gasteiger charge is 2.27. The lowest BCUT2D eigenvalue weighted by molar-refractivity contribution is 0.0734. The van der Waals surface area contributed by atoms with Gasteiger partial charge in [0.1, 0.15) is 5.75 Å². The summed E-state index contributed by atoms with van der Waals surface area (Å²) in [6.45, 7) is 1.76. The number of nitrogens with two attached hydrogens (primary N) is 1. The van der Waals surface area contributed by atoms with Crippen molar-refractivity contribution in [3.63, 3.8) is 0 Å². The Morgan fingerprint density at radius 2 is 1.83 bits per heavy atom. The van der Waals surface area contributed by atoms with Gasteiger partial charge in [-0.15, -0.1) is 12.4 Å². The van der Waals surface area contributed by atoms with Gasteiger partial charge in [-0.3, -0.25) is 4.79 Å². The molecule has 4 nitrogen and oxygen atoms in total. The number of carbonyl (C=O) groups excluding carboxylic acids is 1. The molecule has 3 rings (SSSR count). The molecule has 128 valence electrons. The fourth-order valence-corrected chi connectivity index (χ4v) is 2.67. The van der Waals surface area contributed by atoms with E-state index in [2.05, 4.69) is 0 Å². The molecule has 1 aliphatic carbocycles. The molecule has 3 N–H and O–H groups in total. The van der Waals surface area contributed by atoms with Crippen molar-refractivity contribution in [1.82, 2.24) is 4.90 Å². The number of benzene rings is 2. The number of phenols is 1. The molecule has 1 amide bonds. The van der Waals surface area contributed by atoms with E-state index in [4.69, 9.17) is 5.73 Å². The maximum absolute atomic E-state index is 12.8. The number of carbonyl (C=O) groups is 1. The van der Waals surface area contributed by atoms with Crippen LogP contribution in [0.2, 0.25) is 0 Å². The van der Waals surface area contributed by atoms with E-state index in [0.29, 0.717) is 24.6 Å². The summed E-state index contributed by atoms with van der Waals surface area (Å²) >= 11 is 0. The van der Waals surface area contributed by atoms with Crippen molar-refractivity contribution in [2.45, 2.75) is 25.9 Å². The summed E-state index contributed by atoms with van der Waals surface area (Å²) in [5.41, 5.74) is 8.25. The molecule has 0 atom stereocenters. The van der Waals surface area contributed by atoms with Gasteiger partial charge in [-0.05, 0) is 54.2 Å². The van der Waals surface area contributed by atoms with Crippen LogP contribution in [0.25, 0.3) is 0 Å². The van der Waals surface area contributed by atoms with Crippen LogP contribution in [0.15, 0.2) is 48.5 Å². The monoisotopic (exact) mass is 346 g/mol. The fourth-order valence-electron chi connectivity index (χ4n) is 2.67. The van der Waals surface area contributed by atoms with Crippen LogP contribution < -0.4 is 5.73 Å². The van der Waals surface area contributed by atoms with Gasteiger partial charge >= 0.3 is 0 Å². The van der Waals surface area contributed by atoms with E-state index in [1.54, 1.807) is 18.2 Å². The van der Waals surface area contributed by atoms with Gasteiger partial charge in [0.25, 0.3) is 5.91 Å². The first kappa shape index (κ1) is 18.3. The van der Waals surface area contributed by atoms with E-state index in [0.717, 1.165) is 17.7 Å². The molecule has 0 bridgehead atoms.